The van der Waals surface area contributed by atoms with Crippen LogP contribution in [-0.2, 0) is 0 Å². The quantitative estimate of drug-likeness (QED) is 0.843. The van der Waals surface area contributed by atoms with E-state index in [2.05, 4.69) is 15.3 Å². The van der Waals surface area contributed by atoms with Gasteiger partial charge >= 0.3 is 0 Å². The van der Waals surface area contributed by atoms with Crippen molar-refractivity contribution in [3.05, 3.63) is 24.3 Å². The van der Waals surface area contributed by atoms with Gasteiger partial charge in [-0.1, -0.05) is 6.42 Å². The highest BCUT2D eigenvalue weighted by molar-refractivity contribution is 5.08. The monoisotopic (exact) mass is 217 g/mol. The zero-order chi connectivity index (χ0) is 11.0. The van der Waals surface area contributed by atoms with Gasteiger partial charge in [0.15, 0.2) is 0 Å². The number of hydrogen-bond donors (Lipinski definition) is 1. The first-order chi connectivity index (χ1) is 7.88. The second-order valence-electron chi connectivity index (χ2n) is 5.24. The van der Waals surface area contributed by atoms with Crippen molar-refractivity contribution < 1.29 is 0 Å². The topological polar surface area (TPSA) is 37.8 Å². The van der Waals surface area contributed by atoms with Crippen molar-refractivity contribution in [2.75, 3.05) is 7.05 Å². The van der Waals surface area contributed by atoms with Crippen molar-refractivity contribution in [1.29, 1.82) is 0 Å². The fraction of sp³-hybridized carbons (Fsp3) is 0.692. The lowest BCUT2D eigenvalue weighted by Crippen LogP contribution is -2.29. The van der Waals surface area contributed by atoms with Crippen LogP contribution in [0.1, 0.15) is 37.4 Å². The lowest BCUT2D eigenvalue weighted by molar-refractivity contribution is 0.255. The van der Waals surface area contributed by atoms with Crippen LogP contribution in [0.3, 0.4) is 0 Å². The molecule has 3 rings (SSSR count). The summed E-state index contributed by atoms with van der Waals surface area (Å²) in [5.41, 5.74) is 1.11. The molecule has 86 valence electrons. The lowest BCUT2D eigenvalue weighted by Gasteiger charge is -2.29. The van der Waals surface area contributed by atoms with E-state index in [0.29, 0.717) is 6.04 Å². The first kappa shape index (κ1) is 10.2. The lowest BCUT2D eigenvalue weighted by atomic mass is 9.82. The van der Waals surface area contributed by atoms with Gasteiger partial charge in [0.1, 0.15) is 0 Å². The zero-order valence-corrected chi connectivity index (χ0v) is 9.76. The predicted molar refractivity (Wildman–Crippen MR) is 62.8 cm³/mol. The van der Waals surface area contributed by atoms with E-state index in [1.165, 1.54) is 25.7 Å². The Morgan fingerprint density at radius 1 is 1.31 bits per heavy atom. The Balaban J connectivity index is 1.81. The minimum atomic E-state index is 0.406. The summed E-state index contributed by atoms with van der Waals surface area (Å²) in [6.45, 7) is 0. The van der Waals surface area contributed by atoms with Gasteiger partial charge in [-0.25, -0.2) is 0 Å². The van der Waals surface area contributed by atoms with Gasteiger partial charge in [-0.05, 0) is 44.1 Å². The van der Waals surface area contributed by atoms with E-state index >= 15 is 0 Å². The Bertz CT molecular complexity index is 351. The summed E-state index contributed by atoms with van der Waals surface area (Å²) < 4.78 is 0. The molecule has 2 aliphatic rings. The number of aromatic nitrogens is 2. The van der Waals surface area contributed by atoms with Crippen molar-refractivity contribution in [2.45, 2.75) is 31.7 Å². The van der Waals surface area contributed by atoms with Crippen LogP contribution in [-0.4, -0.2) is 17.0 Å². The average molecular weight is 217 g/mol. The Morgan fingerprint density at radius 2 is 2.25 bits per heavy atom. The maximum atomic E-state index is 4.45. The van der Waals surface area contributed by atoms with Gasteiger partial charge in [0.2, 0.25) is 0 Å². The van der Waals surface area contributed by atoms with Crippen LogP contribution in [0.5, 0.6) is 0 Å². The van der Waals surface area contributed by atoms with Gasteiger partial charge in [0, 0.05) is 18.6 Å². The molecule has 4 atom stereocenters. The van der Waals surface area contributed by atoms with E-state index in [9.17, 15) is 0 Å². The normalized spacial score (nSPS) is 34.2. The molecule has 2 aliphatic carbocycles. The Kier molecular flexibility index (Phi) is 2.64. The smallest absolute Gasteiger partial charge is 0.0758 e. The summed E-state index contributed by atoms with van der Waals surface area (Å²) in [4.78, 5) is 8.64. The van der Waals surface area contributed by atoms with Crippen molar-refractivity contribution in [3.63, 3.8) is 0 Å². The Morgan fingerprint density at radius 3 is 2.81 bits per heavy atom. The van der Waals surface area contributed by atoms with Crippen LogP contribution < -0.4 is 5.32 Å². The molecule has 0 saturated heterocycles. The van der Waals surface area contributed by atoms with Gasteiger partial charge in [-0.15, -0.1) is 0 Å². The number of nitrogens with zero attached hydrogens (tertiary/aromatic N) is 2. The van der Waals surface area contributed by atoms with E-state index in [1.807, 2.05) is 13.2 Å². The highest BCUT2D eigenvalue weighted by Crippen LogP contribution is 2.52. The molecule has 0 radical (unpaired) electrons. The standard InChI is InChI=1S/C13H19N3/c1-14-13(12-8-15-4-5-16-12)11-7-9-2-3-10(11)6-9/h4-5,8-11,13-14H,2-3,6-7H2,1H3. The molecule has 2 bridgehead atoms. The number of nitrogens with one attached hydrogen (secondary N) is 1. The van der Waals surface area contributed by atoms with Gasteiger partial charge in [-0.3, -0.25) is 9.97 Å². The molecule has 16 heavy (non-hydrogen) atoms. The molecule has 1 aromatic rings. The molecule has 4 unspecified atom stereocenters. The molecule has 0 amide bonds. The second kappa shape index (κ2) is 4.13. The zero-order valence-electron chi connectivity index (χ0n) is 9.76. The summed E-state index contributed by atoms with van der Waals surface area (Å²) >= 11 is 0. The first-order valence-corrected chi connectivity index (χ1v) is 6.31. The molecule has 0 aromatic carbocycles. The summed E-state index contributed by atoms with van der Waals surface area (Å²) in [5.74, 6) is 2.69. The van der Waals surface area contributed by atoms with Crippen molar-refractivity contribution in [3.8, 4) is 0 Å². The molecule has 1 aromatic heterocycles. The van der Waals surface area contributed by atoms with Crippen LogP contribution in [0.15, 0.2) is 18.6 Å². The van der Waals surface area contributed by atoms with Crippen molar-refractivity contribution in [2.24, 2.45) is 17.8 Å². The van der Waals surface area contributed by atoms with Crippen LogP contribution in [0.2, 0.25) is 0 Å². The van der Waals surface area contributed by atoms with Gasteiger partial charge < -0.3 is 5.32 Å². The minimum Gasteiger partial charge on any atom is -0.311 e. The Labute approximate surface area is 96.7 Å². The average Bonchev–Trinajstić information content (AvgIpc) is 2.94. The SMILES string of the molecule is CNC(c1cnccn1)C1CC2CCC1C2. The Hall–Kier alpha value is -0.960. The second-order valence-corrected chi connectivity index (χ2v) is 5.24. The van der Waals surface area contributed by atoms with Crippen LogP contribution in [0.4, 0.5) is 0 Å². The third-order valence-corrected chi connectivity index (χ3v) is 4.43. The third kappa shape index (κ3) is 1.63. The molecule has 2 fully saturated rings. The van der Waals surface area contributed by atoms with Gasteiger partial charge in [0.25, 0.3) is 0 Å². The van der Waals surface area contributed by atoms with Gasteiger partial charge in [0.05, 0.1) is 11.7 Å². The van der Waals surface area contributed by atoms with Crippen LogP contribution in [0.25, 0.3) is 0 Å². The summed E-state index contributed by atoms with van der Waals surface area (Å²) in [7, 11) is 2.05. The molecular weight excluding hydrogens is 198 g/mol. The number of fused-ring (bicyclic) bond motifs is 2. The van der Waals surface area contributed by atoms with Gasteiger partial charge in [-0.2, -0.15) is 0 Å². The largest absolute Gasteiger partial charge is 0.311 e. The maximum Gasteiger partial charge on any atom is 0.0758 e. The van der Waals surface area contributed by atoms with E-state index in [-0.39, 0.29) is 0 Å². The predicted octanol–water partition coefficient (Wildman–Crippen LogP) is 2.17. The van der Waals surface area contributed by atoms with Crippen molar-refractivity contribution in [1.82, 2.24) is 15.3 Å². The third-order valence-electron chi connectivity index (χ3n) is 4.43. The molecule has 3 nitrogen and oxygen atoms in total. The number of rotatable bonds is 3. The molecule has 2 saturated carbocycles. The van der Waals surface area contributed by atoms with Crippen LogP contribution >= 0.6 is 0 Å². The first-order valence-electron chi connectivity index (χ1n) is 6.31. The fourth-order valence-corrected chi connectivity index (χ4v) is 3.75. The fourth-order valence-electron chi connectivity index (χ4n) is 3.75. The van der Waals surface area contributed by atoms with E-state index < -0.39 is 0 Å². The highest BCUT2D eigenvalue weighted by atomic mass is 14.9. The minimum absolute atomic E-state index is 0.406. The molecule has 1 N–H and O–H groups in total. The highest BCUT2D eigenvalue weighted by Gasteiger charge is 2.43. The molecule has 0 aliphatic heterocycles. The van der Waals surface area contributed by atoms with E-state index in [1.54, 1.807) is 12.4 Å². The van der Waals surface area contributed by atoms with E-state index in [4.69, 9.17) is 0 Å². The summed E-state index contributed by atoms with van der Waals surface area (Å²) in [5, 5.41) is 3.44. The number of hydrogen-bond acceptors (Lipinski definition) is 3. The van der Waals surface area contributed by atoms with Crippen molar-refractivity contribution >= 4 is 0 Å². The summed E-state index contributed by atoms with van der Waals surface area (Å²) in [6, 6.07) is 0.406. The molecular formula is C13H19N3. The van der Waals surface area contributed by atoms with Crippen LogP contribution in [0, 0.1) is 17.8 Å². The molecule has 0 spiro atoms. The van der Waals surface area contributed by atoms with E-state index in [0.717, 1.165) is 23.4 Å². The maximum absolute atomic E-state index is 4.45. The molecule has 1 heterocycles. The molecule has 3 heteroatoms. The summed E-state index contributed by atoms with van der Waals surface area (Å²) in [6.07, 6.45) is 11.2.